The average Bonchev–Trinajstić information content (AvgIpc) is 2.70. The molecule has 0 aliphatic rings. The molecule has 3 rings (SSSR count). The second-order valence-corrected chi connectivity index (χ2v) is 5.52. The van der Waals surface area contributed by atoms with Gasteiger partial charge in [0.15, 0.2) is 17.5 Å². The van der Waals surface area contributed by atoms with E-state index in [2.05, 4.69) is 15.3 Å². The summed E-state index contributed by atoms with van der Waals surface area (Å²) < 4.78 is 40.0. The van der Waals surface area contributed by atoms with E-state index >= 15 is 0 Å². The van der Waals surface area contributed by atoms with E-state index in [1.54, 1.807) is 12.1 Å². The van der Waals surface area contributed by atoms with Gasteiger partial charge in [-0.1, -0.05) is 18.2 Å². The van der Waals surface area contributed by atoms with Crippen LogP contribution in [0.25, 0.3) is 0 Å². The molecular formula is C19H15F3N4O. The highest BCUT2D eigenvalue weighted by Crippen LogP contribution is 2.22. The first kappa shape index (κ1) is 18.4. The smallest absolute Gasteiger partial charge is 0.278 e. The van der Waals surface area contributed by atoms with Gasteiger partial charge in [-0.05, 0) is 31.2 Å². The molecule has 3 aromatic rings. The van der Waals surface area contributed by atoms with Gasteiger partial charge < -0.3 is 10.2 Å². The Morgan fingerprint density at radius 2 is 1.74 bits per heavy atom. The third kappa shape index (κ3) is 3.89. The zero-order valence-electron chi connectivity index (χ0n) is 14.3. The summed E-state index contributed by atoms with van der Waals surface area (Å²) in [6, 6.07) is 10.9. The summed E-state index contributed by atoms with van der Waals surface area (Å²) in [7, 11) is 0. The molecule has 5 nitrogen and oxygen atoms in total. The molecule has 0 fully saturated rings. The van der Waals surface area contributed by atoms with Gasteiger partial charge in [0.1, 0.15) is 11.5 Å². The lowest BCUT2D eigenvalue weighted by Crippen LogP contribution is -2.31. The van der Waals surface area contributed by atoms with Gasteiger partial charge in [0.25, 0.3) is 5.91 Å². The van der Waals surface area contributed by atoms with Crippen LogP contribution in [0.15, 0.2) is 54.9 Å². The summed E-state index contributed by atoms with van der Waals surface area (Å²) in [5.74, 6) is -4.49. The quantitative estimate of drug-likeness (QED) is 0.679. The number of para-hydroxylation sites is 1. The lowest BCUT2D eigenvalue weighted by molar-refractivity contribution is 0.0983. The van der Waals surface area contributed by atoms with Gasteiger partial charge in [-0.3, -0.25) is 4.79 Å². The monoisotopic (exact) mass is 372 g/mol. The van der Waals surface area contributed by atoms with Crippen molar-refractivity contribution in [3.8, 4) is 0 Å². The molecule has 0 saturated carbocycles. The first-order valence-electron chi connectivity index (χ1n) is 8.10. The number of amides is 1. The summed E-state index contributed by atoms with van der Waals surface area (Å²) in [5.41, 5.74) is 0.525. The van der Waals surface area contributed by atoms with Crippen molar-refractivity contribution in [3.63, 3.8) is 0 Å². The molecule has 0 saturated heterocycles. The molecule has 1 heterocycles. The first-order chi connectivity index (χ1) is 13.0. The number of halogens is 3. The predicted molar refractivity (Wildman–Crippen MR) is 95.4 cm³/mol. The standard InChI is InChI=1S/C19H15F3N4O/c1-2-26(12-6-4-3-5-7-12)19(27)15-10-24-16(11-23-15)25-14-9-8-13(20)17(21)18(14)22/h3-11H,2H2,1H3,(H,24,25). The molecule has 0 aliphatic carbocycles. The molecule has 1 aromatic heterocycles. The molecule has 138 valence electrons. The minimum atomic E-state index is -1.58. The van der Waals surface area contributed by atoms with Gasteiger partial charge in [-0.25, -0.2) is 23.1 Å². The summed E-state index contributed by atoms with van der Waals surface area (Å²) in [6.45, 7) is 2.27. The summed E-state index contributed by atoms with van der Waals surface area (Å²) in [6.07, 6.45) is 2.45. The molecule has 2 aromatic carbocycles. The zero-order chi connectivity index (χ0) is 19.4. The molecule has 0 atom stereocenters. The molecule has 8 heteroatoms. The van der Waals surface area contributed by atoms with Crippen molar-refractivity contribution in [2.24, 2.45) is 0 Å². The molecule has 0 aliphatic heterocycles. The molecule has 0 unspecified atom stereocenters. The maximum Gasteiger partial charge on any atom is 0.278 e. The second kappa shape index (κ2) is 7.86. The minimum absolute atomic E-state index is 0.0826. The van der Waals surface area contributed by atoms with Crippen LogP contribution in [0.3, 0.4) is 0 Å². The zero-order valence-corrected chi connectivity index (χ0v) is 14.3. The largest absolute Gasteiger partial charge is 0.336 e. The van der Waals surface area contributed by atoms with Crippen LogP contribution in [-0.2, 0) is 0 Å². The van der Waals surface area contributed by atoms with Crippen LogP contribution in [0.4, 0.5) is 30.4 Å². The third-order valence-electron chi connectivity index (χ3n) is 3.80. The Bertz CT molecular complexity index is 949. The molecule has 0 radical (unpaired) electrons. The molecule has 27 heavy (non-hydrogen) atoms. The number of rotatable bonds is 5. The normalized spacial score (nSPS) is 10.5. The van der Waals surface area contributed by atoms with E-state index in [0.29, 0.717) is 6.54 Å². The number of nitrogens with one attached hydrogen (secondary N) is 1. The lowest BCUT2D eigenvalue weighted by Gasteiger charge is -2.20. The van der Waals surface area contributed by atoms with Gasteiger partial charge in [0, 0.05) is 12.2 Å². The minimum Gasteiger partial charge on any atom is -0.336 e. The van der Waals surface area contributed by atoms with Crippen LogP contribution >= 0.6 is 0 Å². The fraction of sp³-hybridized carbons (Fsp3) is 0.105. The van der Waals surface area contributed by atoms with Gasteiger partial charge in [0.05, 0.1) is 18.1 Å². The first-order valence-corrected chi connectivity index (χ1v) is 8.10. The molecule has 1 N–H and O–H groups in total. The Labute approximate surface area is 153 Å². The van der Waals surface area contributed by atoms with Crippen molar-refractivity contribution in [2.45, 2.75) is 6.92 Å². The Morgan fingerprint density at radius 3 is 2.37 bits per heavy atom. The number of carbonyl (C=O) groups is 1. The Morgan fingerprint density at radius 1 is 1.00 bits per heavy atom. The maximum atomic E-state index is 13.7. The highest BCUT2D eigenvalue weighted by Gasteiger charge is 2.18. The number of anilines is 3. The van der Waals surface area contributed by atoms with Crippen LogP contribution in [0.2, 0.25) is 0 Å². The maximum absolute atomic E-state index is 13.7. The van der Waals surface area contributed by atoms with Crippen LogP contribution < -0.4 is 10.2 Å². The van der Waals surface area contributed by atoms with Crippen LogP contribution in [0.5, 0.6) is 0 Å². The Kier molecular flexibility index (Phi) is 5.35. The van der Waals surface area contributed by atoms with Crippen molar-refractivity contribution in [1.82, 2.24) is 9.97 Å². The van der Waals surface area contributed by atoms with E-state index in [-0.39, 0.29) is 23.1 Å². The van der Waals surface area contributed by atoms with E-state index < -0.39 is 17.5 Å². The van der Waals surface area contributed by atoms with E-state index in [1.165, 1.54) is 17.3 Å². The van der Waals surface area contributed by atoms with E-state index in [1.807, 2.05) is 25.1 Å². The Balaban J connectivity index is 1.79. The third-order valence-corrected chi connectivity index (χ3v) is 3.80. The molecular weight excluding hydrogens is 357 g/mol. The number of benzene rings is 2. The second-order valence-electron chi connectivity index (χ2n) is 5.52. The fourth-order valence-electron chi connectivity index (χ4n) is 2.45. The van der Waals surface area contributed by atoms with Crippen LogP contribution in [0, 0.1) is 17.5 Å². The highest BCUT2D eigenvalue weighted by atomic mass is 19.2. The van der Waals surface area contributed by atoms with Crippen molar-refractivity contribution in [1.29, 1.82) is 0 Å². The van der Waals surface area contributed by atoms with Crippen molar-refractivity contribution in [3.05, 3.63) is 78.0 Å². The highest BCUT2D eigenvalue weighted by molar-refractivity contribution is 6.04. The summed E-state index contributed by atoms with van der Waals surface area (Å²) >= 11 is 0. The molecule has 1 amide bonds. The average molecular weight is 372 g/mol. The molecule has 0 bridgehead atoms. The van der Waals surface area contributed by atoms with Crippen molar-refractivity contribution < 1.29 is 18.0 Å². The number of hydrogen-bond donors (Lipinski definition) is 1. The van der Waals surface area contributed by atoms with Gasteiger partial charge in [-0.2, -0.15) is 0 Å². The van der Waals surface area contributed by atoms with Gasteiger partial charge in [0.2, 0.25) is 0 Å². The Hall–Kier alpha value is -3.42. The fourth-order valence-corrected chi connectivity index (χ4v) is 2.45. The number of carbonyl (C=O) groups excluding carboxylic acids is 1. The van der Waals surface area contributed by atoms with Crippen LogP contribution in [0.1, 0.15) is 17.4 Å². The van der Waals surface area contributed by atoms with Gasteiger partial charge >= 0.3 is 0 Å². The number of hydrogen-bond acceptors (Lipinski definition) is 4. The van der Waals surface area contributed by atoms with E-state index in [9.17, 15) is 18.0 Å². The summed E-state index contributed by atoms with van der Waals surface area (Å²) in [4.78, 5) is 22.2. The van der Waals surface area contributed by atoms with Crippen molar-refractivity contribution in [2.75, 3.05) is 16.8 Å². The summed E-state index contributed by atoms with van der Waals surface area (Å²) in [5, 5.41) is 2.50. The van der Waals surface area contributed by atoms with Crippen molar-refractivity contribution >= 4 is 23.1 Å². The van der Waals surface area contributed by atoms with E-state index in [0.717, 1.165) is 17.8 Å². The number of nitrogens with zero attached hydrogens (tertiary/aromatic N) is 3. The van der Waals surface area contributed by atoms with Crippen LogP contribution in [-0.4, -0.2) is 22.4 Å². The topological polar surface area (TPSA) is 58.1 Å². The predicted octanol–water partition coefficient (Wildman–Crippen LogP) is 4.30. The van der Waals surface area contributed by atoms with E-state index in [4.69, 9.17) is 0 Å². The molecule has 0 spiro atoms. The van der Waals surface area contributed by atoms with Gasteiger partial charge in [-0.15, -0.1) is 0 Å². The SMILES string of the molecule is CCN(C(=O)c1cnc(Nc2ccc(F)c(F)c2F)cn1)c1ccccc1. The number of aromatic nitrogens is 2. The lowest BCUT2D eigenvalue weighted by atomic mass is 10.2.